The van der Waals surface area contributed by atoms with Crippen molar-refractivity contribution < 1.29 is 31.4 Å². The van der Waals surface area contributed by atoms with Gasteiger partial charge in [0.05, 0.1) is 5.92 Å². The number of rotatable bonds is 13. The Morgan fingerprint density at radius 1 is 1.00 bits per heavy atom. The Morgan fingerprint density at radius 3 is 2.18 bits per heavy atom. The minimum atomic E-state index is -5.60. The molecule has 1 N–H and O–H groups in total. The first kappa shape index (κ1) is 32.9. The maximum atomic E-state index is 15.3. The molecule has 1 atom stereocenters. The predicted octanol–water partition coefficient (Wildman–Crippen LogP) is 11.3. The molecule has 0 aromatic carbocycles. The van der Waals surface area contributed by atoms with Gasteiger partial charge >= 0.3 is 17.8 Å². The second-order valence-electron chi connectivity index (χ2n) is 9.65. The fourth-order valence-electron chi connectivity index (χ4n) is 4.25. The first-order chi connectivity index (χ1) is 18.0. The maximum Gasteiger partial charge on any atom is 0.372 e. The molecule has 0 spiro atoms. The molecule has 0 radical (unpaired) electrons. The molecule has 2 rings (SSSR count). The van der Waals surface area contributed by atoms with Crippen molar-refractivity contribution >= 4 is 33.8 Å². The Kier molecular flexibility index (Phi) is 10.9. The largest absolute Gasteiger partial charge is 0.508 e. The Labute approximate surface area is 235 Å². The normalized spacial score (nSPS) is 15.1. The molecule has 39 heavy (non-hydrogen) atoms. The summed E-state index contributed by atoms with van der Waals surface area (Å²) in [7, 11) is 0. The van der Waals surface area contributed by atoms with E-state index < -0.39 is 30.1 Å². The van der Waals surface area contributed by atoms with Crippen LogP contribution < -0.4 is 0 Å². The monoisotopic (exact) mass is 590 g/mol. The summed E-state index contributed by atoms with van der Waals surface area (Å²) < 4.78 is 91.1. The van der Waals surface area contributed by atoms with E-state index in [1.54, 1.807) is 13.0 Å². The minimum absolute atomic E-state index is 0.0569. The van der Waals surface area contributed by atoms with Crippen molar-refractivity contribution in [2.45, 2.75) is 90.9 Å². The number of alkyl halides is 6. The second kappa shape index (κ2) is 12.9. The molecule has 1 nitrogen and oxygen atoms in total. The van der Waals surface area contributed by atoms with Crippen LogP contribution in [0.2, 0.25) is 0 Å². The maximum absolute atomic E-state index is 15.3. The fraction of sp³-hybridized carbons (Fsp3) is 0.467. The van der Waals surface area contributed by atoms with E-state index in [4.69, 9.17) is 0 Å². The van der Waals surface area contributed by atoms with Gasteiger partial charge in [0.2, 0.25) is 0 Å². The molecule has 2 heterocycles. The number of thiophene rings is 2. The third-order valence-electron chi connectivity index (χ3n) is 6.68. The highest BCUT2D eigenvalue weighted by molar-refractivity contribution is 7.13. The third-order valence-corrected chi connectivity index (χ3v) is 9.05. The van der Waals surface area contributed by atoms with Gasteiger partial charge in [-0.15, -0.1) is 22.7 Å². The summed E-state index contributed by atoms with van der Waals surface area (Å²) in [5, 5.41) is 9.64. The van der Waals surface area contributed by atoms with Gasteiger partial charge in [-0.25, -0.2) is 0 Å². The Balaban J connectivity index is 2.42. The molecule has 0 amide bonds. The van der Waals surface area contributed by atoms with Crippen molar-refractivity contribution in [3.8, 4) is 0 Å². The van der Waals surface area contributed by atoms with Crippen molar-refractivity contribution in [1.82, 2.24) is 0 Å². The van der Waals surface area contributed by atoms with Gasteiger partial charge in [-0.05, 0) is 80.2 Å². The summed E-state index contributed by atoms with van der Waals surface area (Å²) in [6, 6.07) is 2.76. The van der Waals surface area contributed by atoms with Gasteiger partial charge in [-0.3, -0.25) is 0 Å². The molecule has 216 valence electrons. The highest BCUT2D eigenvalue weighted by atomic mass is 32.1. The van der Waals surface area contributed by atoms with Crippen LogP contribution in [0, 0.1) is 13.8 Å². The van der Waals surface area contributed by atoms with E-state index in [1.165, 1.54) is 49.5 Å². The molecule has 2 aromatic heterocycles. The average Bonchev–Trinajstić information content (AvgIpc) is 3.42. The zero-order valence-electron chi connectivity index (χ0n) is 23.1. The molecule has 0 saturated heterocycles. The van der Waals surface area contributed by atoms with E-state index in [9.17, 15) is 5.11 Å². The number of aryl methyl sites for hydroxylation is 2. The van der Waals surface area contributed by atoms with E-state index in [2.05, 4.69) is 6.58 Å². The Morgan fingerprint density at radius 2 is 1.62 bits per heavy atom. The lowest BCUT2D eigenvalue weighted by molar-refractivity contribution is -0.314. The molecule has 0 aliphatic heterocycles. The zero-order valence-corrected chi connectivity index (χ0v) is 24.7. The van der Waals surface area contributed by atoms with Gasteiger partial charge in [0.1, 0.15) is 5.76 Å². The Hall–Kier alpha value is -2.26. The first-order valence-electron chi connectivity index (χ1n) is 12.8. The summed E-state index contributed by atoms with van der Waals surface area (Å²) in [5.41, 5.74) is 1.35. The van der Waals surface area contributed by atoms with Crippen LogP contribution in [0.25, 0.3) is 11.1 Å². The van der Waals surface area contributed by atoms with Crippen molar-refractivity contribution in [2.24, 2.45) is 0 Å². The lowest BCUT2D eigenvalue weighted by Crippen LogP contribution is -2.57. The first-order valence-corrected chi connectivity index (χ1v) is 14.4. The third kappa shape index (κ3) is 7.09. The lowest BCUT2D eigenvalue weighted by Gasteiger charge is -2.36. The number of aliphatic hydroxyl groups excluding tert-OH is 1. The van der Waals surface area contributed by atoms with E-state index in [1.807, 2.05) is 19.9 Å². The van der Waals surface area contributed by atoms with Gasteiger partial charge in [0.25, 0.3) is 0 Å². The molecule has 0 aliphatic rings. The molecule has 0 saturated carbocycles. The van der Waals surface area contributed by atoms with E-state index in [0.29, 0.717) is 44.3 Å². The van der Waals surface area contributed by atoms with Crippen molar-refractivity contribution in [3.63, 3.8) is 0 Å². The topological polar surface area (TPSA) is 20.2 Å². The minimum Gasteiger partial charge on any atom is -0.508 e. The molecule has 1 unspecified atom stereocenters. The molecular formula is C30H36F6OS2. The molecule has 0 bridgehead atoms. The van der Waals surface area contributed by atoms with Crippen LogP contribution in [0.15, 0.2) is 48.8 Å². The second-order valence-corrected chi connectivity index (χ2v) is 12.2. The van der Waals surface area contributed by atoms with Crippen molar-refractivity contribution in [2.75, 3.05) is 0 Å². The number of hydrogen-bond donors (Lipinski definition) is 1. The van der Waals surface area contributed by atoms with Gasteiger partial charge in [0.15, 0.2) is 0 Å². The molecule has 2 aromatic rings. The van der Waals surface area contributed by atoms with Gasteiger partial charge in [0, 0.05) is 25.9 Å². The lowest BCUT2D eigenvalue weighted by atomic mass is 9.86. The number of allylic oxidation sites excluding steroid dienone is 6. The summed E-state index contributed by atoms with van der Waals surface area (Å²) in [6.45, 7) is 13.0. The number of halogens is 6. The Bertz CT molecular complexity index is 1250. The highest BCUT2D eigenvalue weighted by Crippen LogP contribution is 2.54. The number of hydrogen-bond acceptors (Lipinski definition) is 3. The van der Waals surface area contributed by atoms with Gasteiger partial charge < -0.3 is 5.11 Å². The van der Waals surface area contributed by atoms with Crippen LogP contribution in [0.1, 0.15) is 83.5 Å². The predicted molar refractivity (Wildman–Crippen MR) is 153 cm³/mol. The van der Waals surface area contributed by atoms with Gasteiger partial charge in [-0.1, -0.05) is 45.9 Å². The average molecular weight is 591 g/mol. The zero-order chi connectivity index (χ0) is 29.8. The fourth-order valence-corrected chi connectivity index (χ4v) is 6.46. The van der Waals surface area contributed by atoms with Crippen LogP contribution in [0.5, 0.6) is 0 Å². The summed E-state index contributed by atoms with van der Waals surface area (Å²) in [6.07, 6.45) is 6.55. The molecule has 0 aliphatic carbocycles. The summed E-state index contributed by atoms with van der Waals surface area (Å²) >= 11 is 2.30. The molecule has 9 heteroatoms. The van der Waals surface area contributed by atoms with E-state index in [-0.39, 0.29) is 16.9 Å². The quantitative estimate of drug-likeness (QED) is 0.140. The van der Waals surface area contributed by atoms with Crippen LogP contribution >= 0.6 is 22.7 Å². The number of aliphatic hydroxyl groups is 1. The van der Waals surface area contributed by atoms with E-state index in [0.717, 1.165) is 23.8 Å². The van der Waals surface area contributed by atoms with Crippen LogP contribution in [0.3, 0.4) is 0 Å². The van der Waals surface area contributed by atoms with Crippen molar-refractivity contribution in [1.29, 1.82) is 0 Å². The van der Waals surface area contributed by atoms with Crippen molar-refractivity contribution in [3.05, 3.63) is 79.4 Å². The van der Waals surface area contributed by atoms with Crippen LogP contribution in [-0.2, 0) is 6.42 Å². The molecular weight excluding hydrogens is 554 g/mol. The molecule has 0 fully saturated rings. The van der Waals surface area contributed by atoms with Crippen LogP contribution in [0.4, 0.5) is 26.3 Å². The standard InChI is InChI=1S/C30H36F6OS2/c1-8-11-18(4)26-16-25(21(7)39-26)19(5)29(33,34)30(35,36)28(31,32)17-23-15-27(38-20(23)6)22(12-9-2)13-14-24(37)10-3/h10-11,13-16,19,37H,3,8-9,12,17H2,1-2,4-7H3/b18-11+,22-13+,24-14+. The smallest absolute Gasteiger partial charge is 0.372 e. The summed E-state index contributed by atoms with van der Waals surface area (Å²) in [4.78, 5) is 1.93. The van der Waals surface area contributed by atoms with Crippen LogP contribution in [-0.4, -0.2) is 22.9 Å². The summed E-state index contributed by atoms with van der Waals surface area (Å²) in [5.74, 6) is -17.8. The van der Waals surface area contributed by atoms with Gasteiger partial charge in [-0.2, -0.15) is 26.3 Å². The van der Waals surface area contributed by atoms with E-state index >= 15 is 26.3 Å². The SMILES string of the molecule is C=C/C(O)=C\C=C(/CCC)c1cc(CC(F)(F)C(F)(F)C(F)(F)C(C)c2cc(/C(C)=C/CC)sc2C)c(C)s1. The highest BCUT2D eigenvalue weighted by Gasteiger charge is 2.73.